The highest BCUT2D eigenvalue weighted by atomic mass is 16.3. The Balaban J connectivity index is 2.04. The first-order valence-corrected chi connectivity index (χ1v) is 6.99. The van der Waals surface area contributed by atoms with Gasteiger partial charge in [0.15, 0.2) is 0 Å². The summed E-state index contributed by atoms with van der Waals surface area (Å²) in [5.41, 5.74) is 2.32. The molecular formula is C16H23N3O. The number of anilines is 1. The number of rotatable bonds is 6. The average Bonchev–Trinajstić information content (AvgIpc) is 2.89. The number of aromatic nitrogens is 1. The van der Waals surface area contributed by atoms with Crippen molar-refractivity contribution in [3.8, 4) is 0 Å². The molecule has 20 heavy (non-hydrogen) atoms. The van der Waals surface area contributed by atoms with E-state index in [1.807, 2.05) is 19.2 Å². The number of hydrogen-bond donors (Lipinski definition) is 1. The van der Waals surface area contributed by atoms with Gasteiger partial charge in [0.05, 0.1) is 12.8 Å². The zero-order valence-corrected chi connectivity index (χ0v) is 12.7. The molecule has 0 fully saturated rings. The van der Waals surface area contributed by atoms with Gasteiger partial charge in [-0.1, -0.05) is 19.9 Å². The molecule has 108 valence electrons. The van der Waals surface area contributed by atoms with Crippen molar-refractivity contribution in [1.82, 2.24) is 10.3 Å². The lowest BCUT2D eigenvalue weighted by molar-refractivity contribution is 0.507. The fraction of sp³-hybridized carbons (Fsp3) is 0.438. The molecule has 0 radical (unpaired) electrons. The second kappa shape index (κ2) is 6.57. The lowest BCUT2D eigenvalue weighted by Gasteiger charge is -2.18. The van der Waals surface area contributed by atoms with Crippen LogP contribution in [0.25, 0.3) is 0 Å². The molecular weight excluding hydrogens is 250 g/mol. The van der Waals surface area contributed by atoms with Gasteiger partial charge in [-0.3, -0.25) is 0 Å². The Kier molecular flexibility index (Phi) is 4.79. The summed E-state index contributed by atoms with van der Waals surface area (Å²) in [6.45, 7) is 7.94. The maximum atomic E-state index is 5.37. The van der Waals surface area contributed by atoms with E-state index >= 15 is 0 Å². The van der Waals surface area contributed by atoms with Gasteiger partial charge in [0, 0.05) is 25.3 Å². The van der Waals surface area contributed by atoms with Gasteiger partial charge < -0.3 is 14.6 Å². The van der Waals surface area contributed by atoms with Crippen LogP contribution in [0.5, 0.6) is 0 Å². The maximum Gasteiger partial charge on any atom is 0.128 e. The van der Waals surface area contributed by atoms with Crippen LogP contribution in [0.4, 0.5) is 5.82 Å². The van der Waals surface area contributed by atoms with E-state index < -0.39 is 0 Å². The quantitative estimate of drug-likeness (QED) is 0.878. The van der Waals surface area contributed by atoms with Crippen molar-refractivity contribution >= 4 is 5.82 Å². The number of nitrogens with one attached hydrogen (secondary N) is 1. The van der Waals surface area contributed by atoms with Crippen LogP contribution in [-0.2, 0) is 13.1 Å². The molecule has 0 aliphatic carbocycles. The van der Waals surface area contributed by atoms with Gasteiger partial charge in [-0.05, 0) is 30.7 Å². The molecule has 4 heteroatoms. The SMILES string of the molecule is Cc1nc(N(C)Cc2ccco2)ccc1CNC(C)C. The Morgan fingerprint density at radius 2 is 2.10 bits per heavy atom. The predicted molar refractivity (Wildman–Crippen MR) is 81.8 cm³/mol. The molecule has 0 aliphatic heterocycles. The first-order valence-electron chi connectivity index (χ1n) is 6.99. The minimum atomic E-state index is 0.482. The molecule has 0 aromatic carbocycles. The van der Waals surface area contributed by atoms with Gasteiger partial charge in [0.25, 0.3) is 0 Å². The van der Waals surface area contributed by atoms with Crippen LogP contribution < -0.4 is 10.2 Å². The topological polar surface area (TPSA) is 41.3 Å². The van der Waals surface area contributed by atoms with Gasteiger partial charge in [-0.25, -0.2) is 4.98 Å². The lowest BCUT2D eigenvalue weighted by Crippen LogP contribution is -2.23. The minimum absolute atomic E-state index is 0.482. The zero-order chi connectivity index (χ0) is 14.5. The van der Waals surface area contributed by atoms with Crippen LogP contribution in [0.15, 0.2) is 34.9 Å². The second-order valence-electron chi connectivity index (χ2n) is 5.39. The van der Waals surface area contributed by atoms with Crippen LogP contribution >= 0.6 is 0 Å². The molecule has 2 rings (SSSR count). The third kappa shape index (κ3) is 3.84. The second-order valence-corrected chi connectivity index (χ2v) is 5.39. The largest absolute Gasteiger partial charge is 0.467 e. The minimum Gasteiger partial charge on any atom is -0.467 e. The first-order chi connectivity index (χ1) is 9.56. The number of aryl methyl sites for hydroxylation is 1. The fourth-order valence-electron chi connectivity index (χ4n) is 2.01. The third-order valence-electron chi connectivity index (χ3n) is 3.25. The summed E-state index contributed by atoms with van der Waals surface area (Å²) in [5, 5.41) is 3.42. The Hall–Kier alpha value is -1.81. The highest BCUT2D eigenvalue weighted by molar-refractivity contribution is 5.41. The maximum absolute atomic E-state index is 5.37. The third-order valence-corrected chi connectivity index (χ3v) is 3.25. The molecule has 0 aliphatic rings. The first kappa shape index (κ1) is 14.6. The van der Waals surface area contributed by atoms with Gasteiger partial charge in [0.1, 0.15) is 11.6 Å². The molecule has 0 saturated carbocycles. The molecule has 0 spiro atoms. The molecule has 2 heterocycles. The molecule has 0 amide bonds. The lowest BCUT2D eigenvalue weighted by atomic mass is 10.2. The summed E-state index contributed by atoms with van der Waals surface area (Å²) in [4.78, 5) is 6.76. The standard InChI is InChI=1S/C16H23N3O/c1-12(2)17-10-14-7-8-16(18-13(14)3)19(4)11-15-6-5-9-20-15/h5-9,12,17H,10-11H2,1-4H3. The molecule has 1 N–H and O–H groups in total. The zero-order valence-electron chi connectivity index (χ0n) is 12.7. The van der Waals surface area contributed by atoms with E-state index in [1.165, 1.54) is 5.56 Å². The fourth-order valence-corrected chi connectivity index (χ4v) is 2.01. The highest BCUT2D eigenvalue weighted by Gasteiger charge is 2.08. The van der Waals surface area contributed by atoms with E-state index in [1.54, 1.807) is 6.26 Å². The van der Waals surface area contributed by atoms with Crippen molar-refractivity contribution in [3.05, 3.63) is 47.5 Å². The average molecular weight is 273 g/mol. The van der Waals surface area contributed by atoms with Gasteiger partial charge >= 0.3 is 0 Å². The van der Waals surface area contributed by atoms with Crippen molar-refractivity contribution in [2.75, 3.05) is 11.9 Å². The highest BCUT2D eigenvalue weighted by Crippen LogP contribution is 2.16. The summed E-state index contributed by atoms with van der Waals surface area (Å²) < 4.78 is 5.37. The van der Waals surface area contributed by atoms with E-state index in [4.69, 9.17) is 4.42 Å². The van der Waals surface area contributed by atoms with Gasteiger partial charge in [0.2, 0.25) is 0 Å². The van der Waals surface area contributed by atoms with Crippen LogP contribution in [0, 0.1) is 6.92 Å². The van der Waals surface area contributed by atoms with Crippen LogP contribution in [0.3, 0.4) is 0 Å². The monoisotopic (exact) mass is 273 g/mol. The van der Waals surface area contributed by atoms with Crippen molar-refractivity contribution in [3.63, 3.8) is 0 Å². The van der Waals surface area contributed by atoms with Crippen LogP contribution in [-0.4, -0.2) is 18.1 Å². The van der Waals surface area contributed by atoms with Crippen molar-refractivity contribution in [1.29, 1.82) is 0 Å². The Bertz CT molecular complexity index is 535. The Labute approximate surface area is 120 Å². The van der Waals surface area contributed by atoms with Crippen LogP contribution in [0.1, 0.15) is 30.9 Å². The smallest absolute Gasteiger partial charge is 0.128 e. The number of nitrogens with zero attached hydrogens (tertiary/aromatic N) is 2. The van der Waals surface area contributed by atoms with E-state index in [2.05, 4.69) is 48.1 Å². The van der Waals surface area contributed by atoms with Crippen LogP contribution in [0.2, 0.25) is 0 Å². The molecule has 4 nitrogen and oxygen atoms in total. The van der Waals surface area contributed by atoms with E-state index in [0.717, 1.165) is 30.4 Å². The molecule has 0 unspecified atom stereocenters. The Morgan fingerprint density at radius 1 is 1.30 bits per heavy atom. The van der Waals surface area contributed by atoms with E-state index in [-0.39, 0.29) is 0 Å². The predicted octanol–water partition coefficient (Wildman–Crippen LogP) is 3.12. The normalized spacial score (nSPS) is 11.1. The number of pyridine rings is 1. The van der Waals surface area contributed by atoms with E-state index in [0.29, 0.717) is 6.04 Å². The van der Waals surface area contributed by atoms with Gasteiger partial charge in [-0.15, -0.1) is 0 Å². The molecule has 0 bridgehead atoms. The molecule has 2 aromatic heterocycles. The molecule has 0 atom stereocenters. The summed E-state index contributed by atoms with van der Waals surface area (Å²) in [5.74, 6) is 1.91. The van der Waals surface area contributed by atoms with Crippen molar-refractivity contribution < 1.29 is 4.42 Å². The summed E-state index contributed by atoms with van der Waals surface area (Å²) >= 11 is 0. The summed E-state index contributed by atoms with van der Waals surface area (Å²) in [7, 11) is 2.02. The Morgan fingerprint density at radius 3 is 2.70 bits per heavy atom. The number of hydrogen-bond acceptors (Lipinski definition) is 4. The van der Waals surface area contributed by atoms with Crippen molar-refractivity contribution in [2.45, 2.75) is 39.9 Å². The molecule has 0 saturated heterocycles. The van der Waals surface area contributed by atoms with E-state index in [9.17, 15) is 0 Å². The van der Waals surface area contributed by atoms with Gasteiger partial charge in [-0.2, -0.15) is 0 Å². The molecule has 2 aromatic rings. The summed E-state index contributed by atoms with van der Waals surface area (Å²) in [6, 6.07) is 8.57. The van der Waals surface area contributed by atoms with Crippen molar-refractivity contribution in [2.24, 2.45) is 0 Å². The summed E-state index contributed by atoms with van der Waals surface area (Å²) in [6.07, 6.45) is 1.70. The number of furan rings is 1.